The van der Waals surface area contributed by atoms with E-state index in [1.807, 2.05) is 35.7 Å². The number of carbonyl (C=O) groups excluding carboxylic acids is 1. The van der Waals surface area contributed by atoms with Crippen molar-refractivity contribution in [1.29, 1.82) is 0 Å². The number of hydrogen-bond donors (Lipinski definition) is 1. The average Bonchev–Trinajstić information content (AvgIpc) is 3.43. The van der Waals surface area contributed by atoms with E-state index in [0.29, 0.717) is 16.0 Å². The van der Waals surface area contributed by atoms with Crippen LogP contribution in [0.4, 0.5) is 5.13 Å². The summed E-state index contributed by atoms with van der Waals surface area (Å²) in [4.78, 5) is 17.0. The minimum Gasteiger partial charge on any atom is -0.495 e. The molecule has 0 saturated carbocycles. The third-order valence-corrected chi connectivity index (χ3v) is 6.45. The number of nitrogens with zero attached hydrogens (tertiary/aromatic N) is 4. The molecule has 31 heavy (non-hydrogen) atoms. The summed E-state index contributed by atoms with van der Waals surface area (Å²) in [6.07, 6.45) is 1.61. The molecule has 0 saturated heterocycles. The number of benzene rings is 2. The van der Waals surface area contributed by atoms with Crippen molar-refractivity contribution in [3.05, 3.63) is 65.3 Å². The van der Waals surface area contributed by atoms with Crippen LogP contribution in [0.1, 0.15) is 11.1 Å². The van der Waals surface area contributed by atoms with E-state index in [1.165, 1.54) is 34.2 Å². The molecule has 0 fully saturated rings. The Hall–Kier alpha value is -3.17. The molecule has 0 bridgehead atoms. The van der Waals surface area contributed by atoms with E-state index in [9.17, 15) is 4.79 Å². The number of ether oxygens (including phenoxy) is 1. The van der Waals surface area contributed by atoms with Gasteiger partial charge in [0, 0.05) is 10.9 Å². The van der Waals surface area contributed by atoms with Gasteiger partial charge in [0.2, 0.25) is 5.91 Å². The highest BCUT2D eigenvalue weighted by molar-refractivity contribution is 7.99. The Labute approximate surface area is 188 Å². The number of aromatic nitrogens is 4. The number of carbonyl (C=O) groups is 1. The third-order valence-electron chi connectivity index (χ3n) is 4.75. The van der Waals surface area contributed by atoms with Crippen molar-refractivity contribution in [3.8, 4) is 22.7 Å². The van der Waals surface area contributed by atoms with Gasteiger partial charge in [-0.2, -0.15) is 0 Å². The van der Waals surface area contributed by atoms with E-state index in [2.05, 4.69) is 46.5 Å². The number of anilines is 1. The molecule has 0 atom stereocenters. The Balaban J connectivity index is 1.40. The number of thiazole rings is 1. The second kappa shape index (κ2) is 9.32. The van der Waals surface area contributed by atoms with Gasteiger partial charge in [0.05, 0.1) is 24.2 Å². The summed E-state index contributed by atoms with van der Waals surface area (Å²) in [5.74, 6) is 0.739. The maximum atomic E-state index is 12.5. The number of nitrogens with one attached hydrogen (secondary N) is 1. The first-order valence-corrected chi connectivity index (χ1v) is 11.4. The van der Waals surface area contributed by atoms with Crippen molar-refractivity contribution >= 4 is 34.1 Å². The number of rotatable bonds is 7. The fraction of sp³-hybridized carbons (Fsp3) is 0.182. The lowest BCUT2D eigenvalue weighted by atomic mass is 10.1. The van der Waals surface area contributed by atoms with Crippen LogP contribution < -0.4 is 10.1 Å². The van der Waals surface area contributed by atoms with Crippen LogP contribution >= 0.6 is 23.1 Å². The Bertz CT molecular complexity index is 1220. The molecule has 0 radical (unpaired) electrons. The summed E-state index contributed by atoms with van der Waals surface area (Å²) in [6, 6.07) is 13.8. The molecule has 4 aromatic rings. The first-order valence-electron chi connectivity index (χ1n) is 9.54. The molecule has 2 aromatic heterocycles. The smallest absolute Gasteiger partial charge is 0.236 e. The highest BCUT2D eigenvalue weighted by Crippen LogP contribution is 2.28. The minimum absolute atomic E-state index is 0.152. The lowest BCUT2D eigenvalue weighted by Gasteiger charge is -2.10. The summed E-state index contributed by atoms with van der Waals surface area (Å²) in [5.41, 5.74) is 5.17. The van der Waals surface area contributed by atoms with Crippen LogP contribution in [0.2, 0.25) is 0 Å². The van der Waals surface area contributed by atoms with E-state index in [-0.39, 0.29) is 11.7 Å². The summed E-state index contributed by atoms with van der Waals surface area (Å²) in [6.45, 7) is 4.16. The number of thioether (sulfide) groups is 1. The summed E-state index contributed by atoms with van der Waals surface area (Å²) >= 11 is 2.71. The average molecular weight is 452 g/mol. The van der Waals surface area contributed by atoms with Gasteiger partial charge in [-0.25, -0.2) is 4.98 Å². The molecular weight excluding hydrogens is 430 g/mol. The Kier molecular flexibility index (Phi) is 6.34. The van der Waals surface area contributed by atoms with Crippen molar-refractivity contribution < 1.29 is 9.53 Å². The maximum absolute atomic E-state index is 12.5. The highest BCUT2D eigenvalue weighted by atomic mass is 32.2. The van der Waals surface area contributed by atoms with Gasteiger partial charge in [-0.3, -0.25) is 9.36 Å². The lowest BCUT2D eigenvalue weighted by molar-refractivity contribution is -0.113. The molecule has 0 aliphatic heterocycles. The Morgan fingerprint density at radius 1 is 1.19 bits per heavy atom. The van der Waals surface area contributed by atoms with Crippen molar-refractivity contribution in [1.82, 2.24) is 19.7 Å². The number of amides is 1. The standard InChI is InChI=1S/C22H21N5O2S2/c1-14-8-9-16(10-15(14)2)17-11-30-21(24-17)25-20(28)12-31-22-26-23-13-27(22)18-6-4-5-7-19(18)29-3/h4-11,13H,12H2,1-3H3,(H,24,25,28). The van der Waals surface area contributed by atoms with Crippen molar-refractivity contribution in [2.24, 2.45) is 0 Å². The number of hydrogen-bond acceptors (Lipinski definition) is 7. The quantitative estimate of drug-likeness (QED) is 0.409. The molecule has 9 heteroatoms. The topological polar surface area (TPSA) is 81.9 Å². The first kappa shape index (κ1) is 21.1. The summed E-state index contributed by atoms with van der Waals surface area (Å²) < 4.78 is 7.21. The fourth-order valence-corrected chi connectivity index (χ4v) is 4.42. The van der Waals surface area contributed by atoms with Gasteiger partial charge >= 0.3 is 0 Å². The largest absolute Gasteiger partial charge is 0.495 e. The Morgan fingerprint density at radius 2 is 2.03 bits per heavy atom. The van der Waals surface area contributed by atoms with E-state index in [1.54, 1.807) is 18.0 Å². The molecule has 0 unspecified atom stereocenters. The van der Waals surface area contributed by atoms with E-state index < -0.39 is 0 Å². The van der Waals surface area contributed by atoms with Crippen molar-refractivity contribution in [2.45, 2.75) is 19.0 Å². The second-order valence-corrected chi connectivity index (χ2v) is 8.63. The van der Waals surface area contributed by atoms with Crippen molar-refractivity contribution in [3.63, 3.8) is 0 Å². The van der Waals surface area contributed by atoms with Crippen molar-refractivity contribution in [2.75, 3.05) is 18.2 Å². The molecule has 0 aliphatic rings. The number of para-hydroxylation sites is 2. The molecule has 1 N–H and O–H groups in total. The normalized spacial score (nSPS) is 10.8. The van der Waals surface area contributed by atoms with Gasteiger partial charge in [-0.05, 0) is 43.2 Å². The molecule has 158 valence electrons. The van der Waals surface area contributed by atoms with Gasteiger partial charge in [0.15, 0.2) is 10.3 Å². The number of aryl methyl sites for hydroxylation is 2. The van der Waals surface area contributed by atoms with E-state index in [0.717, 1.165) is 16.9 Å². The van der Waals surface area contributed by atoms with Gasteiger partial charge in [0.25, 0.3) is 0 Å². The Morgan fingerprint density at radius 3 is 2.84 bits per heavy atom. The van der Waals surface area contributed by atoms with Gasteiger partial charge in [-0.15, -0.1) is 21.5 Å². The van der Waals surface area contributed by atoms with E-state index in [4.69, 9.17) is 4.74 Å². The predicted octanol–water partition coefficient (Wildman–Crippen LogP) is 4.75. The van der Waals surface area contributed by atoms with Crippen LogP contribution in [0.3, 0.4) is 0 Å². The zero-order valence-corrected chi connectivity index (χ0v) is 19.0. The van der Waals surface area contributed by atoms with Crippen LogP contribution in [0.15, 0.2) is 59.3 Å². The second-order valence-electron chi connectivity index (χ2n) is 6.83. The molecule has 7 nitrogen and oxygen atoms in total. The molecule has 2 heterocycles. The van der Waals surface area contributed by atoms with Crippen LogP contribution in [-0.2, 0) is 4.79 Å². The monoisotopic (exact) mass is 451 g/mol. The van der Waals surface area contributed by atoms with Gasteiger partial charge in [-0.1, -0.05) is 36.0 Å². The molecule has 0 aliphatic carbocycles. The van der Waals surface area contributed by atoms with Gasteiger partial charge < -0.3 is 10.1 Å². The predicted molar refractivity (Wildman–Crippen MR) is 124 cm³/mol. The zero-order chi connectivity index (χ0) is 21.8. The van der Waals surface area contributed by atoms with Crippen LogP contribution in [0.25, 0.3) is 16.9 Å². The third kappa shape index (κ3) is 4.78. The molecule has 1 amide bonds. The lowest BCUT2D eigenvalue weighted by Crippen LogP contribution is -2.14. The first-order chi connectivity index (χ1) is 15.0. The molecule has 2 aromatic carbocycles. The van der Waals surface area contributed by atoms with Crippen LogP contribution in [0, 0.1) is 13.8 Å². The van der Waals surface area contributed by atoms with Gasteiger partial charge in [0.1, 0.15) is 12.1 Å². The highest BCUT2D eigenvalue weighted by Gasteiger charge is 2.14. The summed E-state index contributed by atoms with van der Waals surface area (Å²) in [5, 5.41) is 14.1. The number of methoxy groups -OCH3 is 1. The fourth-order valence-electron chi connectivity index (χ4n) is 2.97. The zero-order valence-electron chi connectivity index (χ0n) is 17.3. The SMILES string of the molecule is COc1ccccc1-n1cnnc1SCC(=O)Nc1nc(-c2ccc(C)c(C)c2)cs1. The van der Waals surface area contributed by atoms with Crippen LogP contribution in [-0.4, -0.2) is 38.5 Å². The maximum Gasteiger partial charge on any atom is 0.236 e. The van der Waals surface area contributed by atoms with Crippen LogP contribution in [0.5, 0.6) is 5.75 Å². The van der Waals surface area contributed by atoms with E-state index >= 15 is 0 Å². The minimum atomic E-state index is -0.152. The molecule has 0 spiro atoms. The summed E-state index contributed by atoms with van der Waals surface area (Å²) in [7, 11) is 1.61. The molecular formula is C22H21N5O2S2. The molecule has 4 rings (SSSR count).